The first kappa shape index (κ1) is 13.9. The zero-order chi connectivity index (χ0) is 13.3. The molecule has 7 heteroatoms. The topological polar surface area (TPSA) is 57.6 Å². The van der Waals surface area contributed by atoms with Gasteiger partial charge in [0.05, 0.1) is 11.0 Å². The van der Waals surface area contributed by atoms with E-state index in [9.17, 15) is 17.9 Å². The number of benzene rings is 1. The normalized spacial score (nSPS) is 22.1. The van der Waals surface area contributed by atoms with Gasteiger partial charge in [-0.2, -0.15) is 4.31 Å². The van der Waals surface area contributed by atoms with E-state index < -0.39 is 21.9 Å². The maximum absolute atomic E-state index is 13.2. The second kappa shape index (κ2) is 5.24. The Hall–Kier alpha value is -0.500. The first-order chi connectivity index (χ1) is 8.41. The number of piperidine rings is 1. The Balaban J connectivity index is 2.38. The smallest absolute Gasteiger partial charge is 0.244 e. The molecule has 0 aliphatic carbocycles. The molecule has 0 saturated carbocycles. The maximum atomic E-state index is 13.2. The quantitative estimate of drug-likeness (QED) is 0.894. The van der Waals surface area contributed by atoms with Gasteiger partial charge < -0.3 is 5.11 Å². The number of hydrogen-bond donors (Lipinski definition) is 1. The lowest BCUT2D eigenvalue weighted by molar-refractivity contribution is 0.108. The van der Waals surface area contributed by atoms with Crippen LogP contribution in [0.25, 0.3) is 0 Å². The van der Waals surface area contributed by atoms with Gasteiger partial charge in [0.25, 0.3) is 0 Å². The van der Waals surface area contributed by atoms with Gasteiger partial charge in [0, 0.05) is 17.6 Å². The largest absolute Gasteiger partial charge is 0.392 e. The van der Waals surface area contributed by atoms with Crippen LogP contribution in [0.3, 0.4) is 0 Å². The van der Waals surface area contributed by atoms with E-state index in [-0.39, 0.29) is 11.4 Å². The number of hydrogen-bond acceptors (Lipinski definition) is 3. The second-order valence-electron chi connectivity index (χ2n) is 4.23. The monoisotopic (exact) mass is 337 g/mol. The molecule has 0 aromatic heterocycles. The van der Waals surface area contributed by atoms with Gasteiger partial charge in [-0.3, -0.25) is 0 Å². The highest BCUT2D eigenvalue weighted by Crippen LogP contribution is 2.27. The number of halogens is 2. The van der Waals surface area contributed by atoms with E-state index in [1.165, 1.54) is 16.4 Å². The fourth-order valence-corrected chi connectivity index (χ4v) is 4.41. The van der Waals surface area contributed by atoms with Gasteiger partial charge in [-0.05, 0) is 47.0 Å². The highest BCUT2D eigenvalue weighted by Gasteiger charge is 2.31. The molecule has 1 aromatic carbocycles. The molecule has 4 nitrogen and oxygen atoms in total. The number of β-amino-alcohol motifs (C(OH)–C–C–N with tert-alkyl or cyclic N) is 1. The van der Waals surface area contributed by atoms with Crippen LogP contribution >= 0.6 is 15.9 Å². The third-order valence-corrected chi connectivity index (χ3v) is 5.73. The van der Waals surface area contributed by atoms with Crippen molar-refractivity contribution < 1.29 is 17.9 Å². The van der Waals surface area contributed by atoms with E-state index >= 15 is 0 Å². The van der Waals surface area contributed by atoms with E-state index in [0.717, 1.165) is 6.07 Å². The van der Waals surface area contributed by atoms with E-state index in [2.05, 4.69) is 15.9 Å². The van der Waals surface area contributed by atoms with Crippen LogP contribution in [0.5, 0.6) is 0 Å². The summed E-state index contributed by atoms with van der Waals surface area (Å²) in [5.74, 6) is -0.602. The number of aliphatic hydroxyl groups excluding tert-OH is 1. The molecular weight excluding hydrogens is 325 g/mol. The summed E-state index contributed by atoms with van der Waals surface area (Å²) in [5, 5.41) is 9.52. The zero-order valence-electron chi connectivity index (χ0n) is 9.51. The molecule has 1 aromatic rings. The summed E-state index contributed by atoms with van der Waals surface area (Å²) < 4.78 is 39.3. The molecule has 1 aliphatic rings. The SMILES string of the molecule is O=S(=O)(c1cc(F)ccc1Br)N1CCCC(O)C1. The summed E-state index contributed by atoms with van der Waals surface area (Å²) in [6.07, 6.45) is 0.546. The van der Waals surface area contributed by atoms with Crippen molar-refractivity contribution in [3.63, 3.8) is 0 Å². The Kier molecular flexibility index (Phi) is 4.05. The minimum absolute atomic E-state index is 0.0608. The van der Waals surface area contributed by atoms with Crippen molar-refractivity contribution in [2.75, 3.05) is 13.1 Å². The summed E-state index contributed by atoms with van der Waals surface area (Å²) >= 11 is 3.11. The Morgan fingerprint density at radius 3 is 2.83 bits per heavy atom. The molecule has 0 spiro atoms. The number of sulfonamides is 1. The number of rotatable bonds is 2. The van der Waals surface area contributed by atoms with Crippen molar-refractivity contribution in [3.05, 3.63) is 28.5 Å². The molecule has 0 radical (unpaired) electrons. The van der Waals surface area contributed by atoms with E-state index in [4.69, 9.17) is 0 Å². The molecule has 18 heavy (non-hydrogen) atoms. The molecular formula is C11H13BrFNO3S. The van der Waals surface area contributed by atoms with Gasteiger partial charge in [-0.1, -0.05) is 0 Å². The summed E-state index contributed by atoms with van der Waals surface area (Å²) in [7, 11) is -3.76. The second-order valence-corrected chi connectivity index (χ2v) is 6.99. The zero-order valence-corrected chi connectivity index (χ0v) is 11.9. The lowest BCUT2D eigenvalue weighted by Gasteiger charge is -2.29. The van der Waals surface area contributed by atoms with Crippen LogP contribution in [0.4, 0.5) is 4.39 Å². The fourth-order valence-electron chi connectivity index (χ4n) is 1.95. The van der Waals surface area contributed by atoms with E-state index in [1.54, 1.807) is 0 Å². The predicted octanol–water partition coefficient (Wildman–Crippen LogP) is 1.73. The van der Waals surface area contributed by atoms with Gasteiger partial charge in [0.1, 0.15) is 5.82 Å². The Labute approximate surface area is 114 Å². The summed E-state index contributed by atoms with van der Waals surface area (Å²) in [4.78, 5) is -0.100. The lowest BCUT2D eigenvalue weighted by atomic mass is 10.1. The third kappa shape index (κ3) is 2.74. The average molecular weight is 338 g/mol. The highest BCUT2D eigenvalue weighted by molar-refractivity contribution is 9.10. The van der Waals surface area contributed by atoms with Gasteiger partial charge >= 0.3 is 0 Å². The third-order valence-electron chi connectivity index (χ3n) is 2.87. The van der Waals surface area contributed by atoms with E-state index in [0.29, 0.717) is 23.9 Å². The molecule has 1 aliphatic heterocycles. The summed E-state index contributed by atoms with van der Waals surface area (Å²) in [5.41, 5.74) is 0. The van der Waals surface area contributed by atoms with Crippen molar-refractivity contribution in [2.45, 2.75) is 23.8 Å². The Morgan fingerprint density at radius 2 is 2.17 bits per heavy atom. The van der Waals surface area contributed by atoms with Crippen LogP contribution in [-0.2, 0) is 10.0 Å². The lowest BCUT2D eigenvalue weighted by Crippen LogP contribution is -2.42. The molecule has 2 rings (SSSR count). The fraction of sp³-hybridized carbons (Fsp3) is 0.455. The van der Waals surface area contributed by atoms with E-state index in [1.807, 2.05) is 0 Å². The summed E-state index contributed by atoms with van der Waals surface area (Å²) in [6.45, 7) is 0.410. The standard InChI is InChI=1S/C11H13BrFNO3S/c12-10-4-3-8(13)6-11(10)18(16,17)14-5-1-2-9(15)7-14/h3-4,6,9,15H,1-2,5,7H2. The van der Waals surface area contributed by atoms with Crippen LogP contribution in [-0.4, -0.2) is 37.0 Å². The first-order valence-electron chi connectivity index (χ1n) is 5.54. The number of aliphatic hydroxyl groups is 1. The van der Waals surface area contributed by atoms with Crippen molar-refractivity contribution >= 4 is 26.0 Å². The molecule has 100 valence electrons. The maximum Gasteiger partial charge on any atom is 0.244 e. The van der Waals surface area contributed by atoms with Gasteiger partial charge in [0.2, 0.25) is 10.0 Å². The van der Waals surface area contributed by atoms with Crippen molar-refractivity contribution in [2.24, 2.45) is 0 Å². The van der Waals surface area contributed by atoms with Gasteiger partial charge in [0.15, 0.2) is 0 Å². The van der Waals surface area contributed by atoms with Crippen molar-refractivity contribution in [1.82, 2.24) is 4.31 Å². The summed E-state index contributed by atoms with van der Waals surface area (Å²) in [6, 6.07) is 3.54. The molecule has 1 heterocycles. The minimum Gasteiger partial charge on any atom is -0.392 e. The van der Waals surface area contributed by atoms with Crippen molar-refractivity contribution in [1.29, 1.82) is 0 Å². The minimum atomic E-state index is -3.76. The molecule has 1 fully saturated rings. The van der Waals surface area contributed by atoms with Crippen LogP contribution in [0.15, 0.2) is 27.6 Å². The van der Waals surface area contributed by atoms with Crippen LogP contribution < -0.4 is 0 Å². The number of nitrogens with zero attached hydrogens (tertiary/aromatic N) is 1. The molecule has 1 atom stereocenters. The highest BCUT2D eigenvalue weighted by atomic mass is 79.9. The van der Waals surface area contributed by atoms with Crippen LogP contribution in [0.2, 0.25) is 0 Å². The Bertz CT molecular complexity index is 549. The van der Waals surface area contributed by atoms with Gasteiger partial charge in [-0.25, -0.2) is 12.8 Å². The first-order valence-corrected chi connectivity index (χ1v) is 7.78. The van der Waals surface area contributed by atoms with Gasteiger partial charge in [-0.15, -0.1) is 0 Å². The van der Waals surface area contributed by atoms with Crippen LogP contribution in [0, 0.1) is 5.82 Å². The molecule has 1 unspecified atom stereocenters. The predicted molar refractivity (Wildman–Crippen MR) is 68.1 cm³/mol. The average Bonchev–Trinajstić information content (AvgIpc) is 2.32. The molecule has 1 N–H and O–H groups in total. The molecule has 1 saturated heterocycles. The van der Waals surface area contributed by atoms with Crippen molar-refractivity contribution in [3.8, 4) is 0 Å². The molecule has 0 amide bonds. The Morgan fingerprint density at radius 1 is 1.44 bits per heavy atom. The van der Waals surface area contributed by atoms with Crippen LogP contribution in [0.1, 0.15) is 12.8 Å². The molecule has 0 bridgehead atoms.